The standard InChI is InChI=1S/C26H23N3O4/c1-33-20-14-12-18(13-15-20)22-26(23(30)27-25(32)28-24(26)31)21(17-8-4-2-5-9-17)16-29(22)19-10-6-3-7-11-19/h2-15,21-22H,16H2,1H3,(H2,27,28,30,31,32). The fourth-order valence-electron chi connectivity index (χ4n) is 5.15. The second kappa shape index (κ2) is 8.09. The normalized spacial score (nSPS) is 21.6. The summed E-state index contributed by atoms with van der Waals surface area (Å²) in [5.74, 6) is -1.00. The molecule has 0 aliphatic carbocycles. The summed E-state index contributed by atoms with van der Waals surface area (Å²) in [6.45, 7) is 0.416. The number of nitrogens with one attached hydrogen (secondary N) is 2. The number of carbonyl (C=O) groups is 3. The smallest absolute Gasteiger partial charge is 0.328 e. The Morgan fingerprint density at radius 1 is 0.788 bits per heavy atom. The Bertz CT molecular complexity index is 1180. The monoisotopic (exact) mass is 441 g/mol. The van der Waals surface area contributed by atoms with Crippen molar-refractivity contribution in [2.24, 2.45) is 5.41 Å². The topological polar surface area (TPSA) is 87.7 Å². The molecule has 7 heteroatoms. The summed E-state index contributed by atoms with van der Waals surface area (Å²) in [7, 11) is 1.58. The minimum atomic E-state index is -1.56. The summed E-state index contributed by atoms with van der Waals surface area (Å²) in [5.41, 5.74) is 0.958. The summed E-state index contributed by atoms with van der Waals surface area (Å²) in [4.78, 5) is 41.5. The highest BCUT2D eigenvalue weighted by atomic mass is 16.5. The van der Waals surface area contributed by atoms with Crippen molar-refractivity contribution in [1.82, 2.24) is 10.6 Å². The molecule has 2 aliphatic heterocycles. The van der Waals surface area contributed by atoms with Crippen LogP contribution < -0.4 is 20.3 Å². The van der Waals surface area contributed by atoms with E-state index in [2.05, 4.69) is 15.5 Å². The Hall–Kier alpha value is -4.13. The van der Waals surface area contributed by atoms with E-state index in [0.717, 1.165) is 16.8 Å². The number of carbonyl (C=O) groups excluding carboxylic acids is 3. The van der Waals surface area contributed by atoms with Gasteiger partial charge in [-0.05, 0) is 35.4 Å². The number of urea groups is 1. The first-order chi connectivity index (χ1) is 16.1. The van der Waals surface area contributed by atoms with Gasteiger partial charge >= 0.3 is 6.03 Å². The molecule has 0 radical (unpaired) electrons. The van der Waals surface area contributed by atoms with E-state index in [1.165, 1.54) is 0 Å². The van der Waals surface area contributed by atoms with Crippen LogP contribution in [0.1, 0.15) is 23.1 Å². The van der Waals surface area contributed by atoms with Crippen molar-refractivity contribution in [3.63, 3.8) is 0 Å². The lowest BCUT2D eigenvalue weighted by atomic mass is 9.66. The molecular formula is C26H23N3O4. The fraction of sp³-hybridized carbons (Fsp3) is 0.192. The third-order valence-corrected chi connectivity index (χ3v) is 6.60. The maximum atomic E-state index is 13.7. The lowest BCUT2D eigenvalue weighted by Gasteiger charge is -2.40. The minimum Gasteiger partial charge on any atom is -0.497 e. The molecular weight excluding hydrogens is 418 g/mol. The predicted octanol–water partition coefficient (Wildman–Crippen LogP) is 3.39. The molecule has 0 aromatic heterocycles. The van der Waals surface area contributed by atoms with Crippen LogP contribution in [0, 0.1) is 5.41 Å². The van der Waals surface area contributed by atoms with Crippen molar-refractivity contribution in [3.8, 4) is 5.75 Å². The summed E-state index contributed by atoms with van der Waals surface area (Å²) in [5, 5.41) is 4.75. The van der Waals surface area contributed by atoms with Crippen LogP contribution in [0.15, 0.2) is 84.9 Å². The number of anilines is 1. The van der Waals surface area contributed by atoms with Crippen LogP contribution in [-0.2, 0) is 9.59 Å². The van der Waals surface area contributed by atoms with Gasteiger partial charge in [0.25, 0.3) is 0 Å². The minimum absolute atomic E-state index is 0.416. The number of hydrogen-bond donors (Lipinski definition) is 2. The Morgan fingerprint density at radius 2 is 1.36 bits per heavy atom. The van der Waals surface area contributed by atoms with Crippen LogP contribution in [0.3, 0.4) is 0 Å². The third-order valence-electron chi connectivity index (χ3n) is 6.60. The summed E-state index contributed by atoms with van der Waals surface area (Å²) < 4.78 is 5.31. The van der Waals surface area contributed by atoms with Crippen molar-refractivity contribution in [2.45, 2.75) is 12.0 Å². The van der Waals surface area contributed by atoms with Gasteiger partial charge in [0.1, 0.15) is 5.75 Å². The third kappa shape index (κ3) is 3.24. The maximum absolute atomic E-state index is 13.7. The fourth-order valence-corrected chi connectivity index (χ4v) is 5.15. The molecule has 2 saturated heterocycles. The van der Waals surface area contributed by atoms with Crippen molar-refractivity contribution >= 4 is 23.5 Å². The number of benzene rings is 3. The van der Waals surface area contributed by atoms with Crippen LogP contribution in [0.4, 0.5) is 10.5 Å². The lowest BCUT2D eigenvalue weighted by molar-refractivity contribution is -0.146. The van der Waals surface area contributed by atoms with E-state index in [9.17, 15) is 14.4 Å². The summed E-state index contributed by atoms with van der Waals surface area (Å²) in [6, 6.07) is 25.1. The van der Waals surface area contributed by atoms with Gasteiger partial charge in [-0.1, -0.05) is 60.7 Å². The van der Waals surface area contributed by atoms with Gasteiger partial charge in [0.05, 0.1) is 13.2 Å². The molecule has 2 heterocycles. The average Bonchev–Trinajstić information content (AvgIpc) is 3.21. The Kier molecular flexibility index (Phi) is 5.09. The van der Waals surface area contributed by atoms with Gasteiger partial charge in [-0.3, -0.25) is 20.2 Å². The van der Waals surface area contributed by atoms with Crippen LogP contribution in [0.2, 0.25) is 0 Å². The largest absolute Gasteiger partial charge is 0.497 e. The first-order valence-corrected chi connectivity index (χ1v) is 10.7. The van der Waals surface area contributed by atoms with E-state index in [4.69, 9.17) is 4.74 Å². The molecule has 0 saturated carbocycles. The molecule has 2 fully saturated rings. The molecule has 4 amide bonds. The van der Waals surface area contributed by atoms with Crippen molar-refractivity contribution in [3.05, 3.63) is 96.1 Å². The summed E-state index contributed by atoms with van der Waals surface area (Å²) in [6.07, 6.45) is 0. The molecule has 3 aromatic rings. The first-order valence-electron chi connectivity index (χ1n) is 10.7. The highest BCUT2D eigenvalue weighted by Crippen LogP contribution is 2.57. The van der Waals surface area contributed by atoms with Gasteiger partial charge in [-0.25, -0.2) is 4.79 Å². The van der Waals surface area contributed by atoms with E-state index in [-0.39, 0.29) is 0 Å². The number of para-hydroxylation sites is 1. The van der Waals surface area contributed by atoms with Gasteiger partial charge in [0.15, 0.2) is 5.41 Å². The first kappa shape index (κ1) is 20.8. The molecule has 2 atom stereocenters. The van der Waals surface area contributed by atoms with E-state index >= 15 is 0 Å². The van der Waals surface area contributed by atoms with Crippen LogP contribution in [-0.4, -0.2) is 31.5 Å². The highest BCUT2D eigenvalue weighted by Gasteiger charge is 2.66. The molecule has 166 valence electrons. The van der Waals surface area contributed by atoms with Gasteiger partial charge in [0, 0.05) is 18.2 Å². The second-order valence-electron chi connectivity index (χ2n) is 8.23. The number of nitrogens with zero attached hydrogens (tertiary/aromatic N) is 1. The molecule has 1 spiro atoms. The second-order valence-corrected chi connectivity index (χ2v) is 8.23. The number of hydrogen-bond acceptors (Lipinski definition) is 5. The van der Waals surface area contributed by atoms with Crippen LogP contribution in [0.25, 0.3) is 0 Å². The molecule has 0 bridgehead atoms. The van der Waals surface area contributed by atoms with Gasteiger partial charge < -0.3 is 9.64 Å². The van der Waals surface area contributed by atoms with Crippen molar-refractivity contribution in [2.75, 3.05) is 18.6 Å². The van der Waals surface area contributed by atoms with E-state index in [1.807, 2.05) is 84.9 Å². The molecule has 2 N–H and O–H groups in total. The lowest BCUT2D eigenvalue weighted by Crippen LogP contribution is -2.65. The van der Waals surface area contributed by atoms with Crippen LogP contribution in [0.5, 0.6) is 5.75 Å². The quantitative estimate of drug-likeness (QED) is 0.606. The Morgan fingerprint density at radius 3 is 1.94 bits per heavy atom. The molecule has 7 nitrogen and oxygen atoms in total. The zero-order valence-electron chi connectivity index (χ0n) is 18.0. The average molecular weight is 441 g/mol. The number of imide groups is 2. The SMILES string of the molecule is COc1ccc(C2N(c3ccccc3)CC(c3ccccc3)C23C(=O)NC(=O)NC3=O)cc1. The molecule has 3 aromatic carbocycles. The number of rotatable bonds is 4. The number of ether oxygens (including phenoxy) is 1. The number of amides is 4. The zero-order chi connectivity index (χ0) is 23.0. The highest BCUT2D eigenvalue weighted by molar-refractivity contribution is 6.21. The number of barbiturate groups is 1. The van der Waals surface area contributed by atoms with Gasteiger partial charge in [-0.15, -0.1) is 0 Å². The Labute approximate surface area is 191 Å². The zero-order valence-corrected chi connectivity index (χ0v) is 18.0. The van der Waals surface area contributed by atoms with E-state index in [0.29, 0.717) is 12.3 Å². The molecule has 33 heavy (non-hydrogen) atoms. The van der Waals surface area contributed by atoms with Crippen molar-refractivity contribution < 1.29 is 19.1 Å². The Balaban J connectivity index is 1.76. The maximum Gasteiger partial charge on any atom is 0.328 e. The van der Waals surface area contributed by atoms with Gasteiger partial charge in [0.2, 0.25) is 11.8 Å². The van der Waals surface area contributed by atoms with E-state index in [1.54, 1.807) is 7.11 Å². The molecule has 2 unspecified atom stereocenters. The van der Waals surface area contributed by atoms with E-state index < -0.39 is 35.2 Å². The number of methoxy groups -OCH3 is 1. The summed E-state index contributed by atoms with van der Waals surface area (Å²) >= 11 is 0. The molecule has 5 rings (SSSR count). The van der Waals surface area contributed by atoms with Crippen LogP contribution >= 0.6 is 0 Å². The van der Waals surface area contributed by atoms with Crippen molar-refractivity contribution in [1.29, 1.82) is 0 Å². The molecule has 2 aliphatic rings. The predicted molar refractivity (Wildman–Crippen MR) is 123 cm³/mol. The van der Waals surface area contributed by atoms with Gasteiger partial charge in [-0.2, -0.15) is 0 Å².